The number of likely N-dealkylation sites (tertiary alicyclic amines) is 2. The van der Waals surface area contributed by atoms with Crippen LogP contribution in [0.4, 0.5) is 0 Å². The summed E-state index contributed by atoms with van der Waals surface area (Å²) in [6.45, 7) is 7.18. The van der Waals surface area contributed by atoms with Crippen LogP contribution in [0.3, 0.4) is 0 Å². The Morgan fingerprint density at radius 1 is 0.405 bits per heavy atom. The predicted octanol–water partition coefficient (Wildman–Crippen LogP) is 8.33. The van der Waals surface area contributed by atoms with Gasteiger partial charge in [-0.2, -0.15) is 0 Å². The van der Waals surface area contributed by atoms with Crippen molar-refractivity contribution in [3.63, 3.8) is 0 Å². The van der Waals surface area contributed by atoms with Gasteiger partial charge in [-0.1, -0.05) is 109 Å². The number of fused-ring (bicyclic) bond motifs is 4. The lowest BCUT2D eigenvalue weighted by Crippen LogP contribution is -2.41. The summed E-state index contributed by atoms with van der Waals surface area (Å²) in [7, 11) is 0. The molecule has 2 nitrogen and oxygen atoms in total. The van der Waals surface area contributed by atoms with E-state index in [-0.39, 0.29) is 0 Å². The molecule has 0 atom stereocenters. The molecule has 2 saturated heterocycles. The van der Waals surface area contributed by atoms with Gasteiger partial charge in [-0.3, -0.25) is 9.80 Å². The van der Waals surface area contributed by atoms with E-state index in [1.54, 1.807) is 22.3 Å². The lowest BCUT2D eigenvalue weighted by atomic mass is 9.74. The number of nitrogens with zero attached hydrogens (tertiary/aromatic N) is 2. The maximum atomic E-state index is 2.63. The zero-order valence-electron chi connectivity index (χ0n) is 25.2. The van der Waals surface area contributed by atoms with Gasteiger partial charge in [0.25, 0.3) is 0 Å². The van der Waals surface area contributed by atoms with Crippen molar-refractivity contribution < 1.29 is 0 Å². The maximum absolute atomic E-state index is 2.63. The Morgan fingerprint density at radius 2 is 0.762 bits per heavy atom. The van der Waals surface area contributed by atoms with E-state index in [1.807, 2.05) is 0 Å². The van der Waals surface area contributed by atoms with E-state index in [2.05, 4.69) is 119 Å². The molecule has 8 rings (SSSR count). The molecule has 2 heteroatoms. The number of benzene rings is 4. The fourth-order valence-corrected chi connectivity index (χ4v) is 8.53. The molecule has 2 spiro atoms. The second-order valence-corrected chi connectivity index (χ2v) is 13.4. The highest BCUT2D eigenvalue weighted by atomic mass is 15.1. The molecule has 4 aromatic carbocycles. The van der Waals surface area contributed by atoms with Crippen molar-refractivity contribution in [2.24, 2.45) is 0 Å². The molecule has 0 unspecified atom stereocenters. The minimum absolute atomic E-state index is 0.490. The van der Waals surface area contributed by atoms with Gasteiger partial charge in [0.2, 0.25) is 0 Å². The summed E-state index contributed by atoms with van der Waals surface area (Å²) in [5, 5.41) is 0. The highest BCUT2D eigenvalue weighted by molar-refractivity contribution is 5.41. The van der Waals surface area contributed by atoms with E-state index in [0.29, 0.717) is 10.8 Å². The Hall–Kier alpha value is -3.20. The largest absolute Gasteiger partial charge is 0.299 e. The Kier molecular flexibility index (Phi) is 8.02. The van der Waals surface area contributed by atoms with Crippen molar-refractivity contribution in [1.29, 1.82) is 0 Å². The summed E-state index contributed by atoms with van der Waals surface area (Å²) in [4.78, 5) is 5.25. The maximum Gasteiger partial charge on any atom is 0.0233 e. The van der Waals surface area contributed by atoms with Gasteiger partial charge in [-0.25, -0.2) is 0 Å². The van der Waals surface area contributed by atoms with Crippen molar-refractivity contribution in [3.05, 3.63) is 143 Å². The average Bonchev–Trinajstić information content (AvgIpc) is 3.60. The van der Waals surface area contributed by atoms with Crippen LogP contribution in [-0.2, 0) is 36.8 Å². The van der Waals surface area contributed by atoms with Crippen molar-refractivity contribution in [2.45, 2.75) is 75.3 Å². The molecule has 4 aromatic rings. The fourth-order valence-electron chi connectivity index (χ4n) is 8.53. The molecule has 0 bridgehead atoms. The minimum Gasteiger partial charge on any atom is -0.299 e. The second-order valence-electron chi connectivity index (χ2n) is 13.4. The normalized spacial score (nSPS) is 20.6. The molecule has 0 N–H and O–H groups in total. The standard InChI is InChI=1S/2C20H23N/c2*1-2-6-17(7-3-1)16-21-14-12-20(13-15-21)11-10-18-8-4-5-9-19(18)20/h2*1-9H,10-16H2. The SMILES string of the molecule is c1ccc(CN2CCC3(CCc4ccccc43)CC2)cc1.c1ccc(CN2CCC3(CCc4ccccc43)CC2)cc1. The van der Waals surface area contributed by atoms with Crippen molar-refractivity contribution in [2.75, 3.05) is 26.2 Å². The van der Waals surface area contributed by atoms with E-state index < -0.39 is 0 Å². The van der Waals surface area contributed by atoms with Crippen LogP contribution >= 0.6 is 0 Å². The Labute approximate surface area is 253 Å². The third-order valence-electron chi connectivity index (χ3n) is 11.0. The number of hydrogen-bond donors (Lipinski definition) is 0. The molecule has 0 amide bonds. The van der Waals surface area contributed by atoms with Crippen LogP contribution in [0.25, 0.3) is 0 Å². The summed E-state index contributed by atoms with van der Waals surface area (Å²) in [6, 6.07) is 40.0. The third kappa shape index (κ3) is 5.72. The molecular formula is C40H46N2. The average molecular weight is 555 g/mol. The van der Waals surface area contributed by atoms with Crippen LogP contribution in [0.15, 0.2) is 109 Å². The van der Waals surface area contributed by atoms with Gasteiger partial charge in [0.1, 0.15) is 0 Å². The summed E-state index contributed by atoms with van der Waals surface area (Å²) in [5.41, 5.74) is 10.4. The number of aryl methyl sites for hydroxylation is 2. The van der Waals surface area contributed by atoms with Crippen LogP contribution in [-0.4, -0.2) is 36.0 Å². The van der Waals surface area contributed by atoms with Crippen LogP contribution in [0.2, 0.25) is 0 Å². The zero-order valence-corrected chi connectivity index (χ0v) is 25.2. The first-order valence-corrected chi connectivity index (χ1v) is 16.4. The Morgan fingerprint density at radius 3 is 1.17 bits per heavy atom. The first-order chi connectivity index (χ1) is 20.7. The Bertz CT molecular complexity index is 1330. The molecule has 216 valence electrons. The van der Waals surface area contributed by atoms with E-state index >= 15 is 0 Å². The summed E-state index contributed by atoms with van der Waals surface area (Å²) in [5.74, 6) is 0. The summed E-state index contributed by atoms with van der Waals surface area (Å²) >= 11 is 0. The molecule has 0 radical (unpaired) electrons. The van der Waals surface area contributed by atoms with Crippen molar-refractivity contribution in [3.8, 4) is 0 Å². The highest BCUT2D eigenvalue weighted by Gasteiger charge is 2.41. The highest BCUT2D eigenvalue weighted by Crippen LogP contribution is 2.47. The second kappa shape index (κ2) is 12.2. The van der Waals surface area contributed by atoms with Gasteiger partial charge in [-0.15, -0.1) is 0 Å². The first-order valence-electron chi connectivity index (χ1n) is 16.4. The number of rotatable bonds is 4. The smallest absolute Gasteiger partial charge is 0.0233 e. The lowest BCUT2D eigenvalue weighted by molar-refractivity contribution is 0.152. The number of hydrogen-bond acceptors (Lipinski definition) is 2. The molecular weight excluding hydrogens is 508 g/mol. The van der Waals surface area contributed by atoms with Crippen LogP contribution in [0, 0.1) is 0 Å². The zero-order chi connectivity index (χ0) is 28.2. The first kappa shape index (κ1) is 27.6. The monoisotopic (exact) mass is 554 g/mol. The Balaban J connectivity index is 0.000000137. The fraction of sp³-hybridized carbons (Fsp3) is 0.400. The van der Waals surface area contributed by atoms with Gasteiger partial charge >= 0.3 is 0 Å². The molecule has 2 aliphatic carbocycles. The summed E-state index contributed by atoms with van der Waals surface area (Å²) < 4.78 is 0. The molecule has 2 fully saturated rings. The van der Waals surface area contributed by atoms with Gasteiger partial charge in [0, 0.05) is 13.1 Å². The van der Waals surface area contributed by atoms with Crippen molar-refractivity contribution >= 4 is 0 Å². The molecule has 4 aliphatic rings. The quantitative estimate of drug-likeness (QED) is 0.250. The predicted molar refractivity (Wildman–Crippen MR) is 175 cm³/mol. The molecule has 2 heterocycles. The molecule has 0 aromatic heterocycles. The number of piperidine rings is 2. The van der Waals surface area contributed by atoms with E-state index in [0.717, 1.165) is 13.1 Å². The van der Waals surface area contributed by atoms with Gasteiger partial charge < -0.3 is 0 Å². The molecule has 0 saturated carbocycles. The van der Waals surface area contributed by atoms with Crippen LogP contribution < -0.4 is 0 Å². The topological polar surface area (TPSA) is 6.48 Å². The third-order valence-corrected chi connectivity index (χ3v) is 11.0. The summed E-state index contributed by atoms with van der Waals surface area (Å²) in [6.07, 6.45) is 10.6. The molecule has 42 heavy (non-hydrogen) atoms. The van der Waals surface area contributed by atoms with Crippen molar-refractivity contribution in [1.82, 2.24) is 9.80 Å². The van der Waals surface area contributed by atoms with Gasteiger partial charge in [0.15, 0.2) is 0 Å². The molecule has 2 aliphatic heterocycles. The lowest BCUT2D eigenvalue weighted by Gasteiger charge is -2.40. The van der Waals surface area contributed by atoms with E-state index in [1.165, 1.54) is 88.7 Å². The van der Waals surface area contributed by atoms with E-state index in [4.69, 9.17) is 0 Å². The minimum atomic E-state index is 0.490. The van der Waals surface area contributed by atoms with E-state index in [9.17, 15) is 0 Å². The van der Waals surface area contributed by atoms with Gasteiger partial charge in [-0.05, 0) is 122 Å². The van der Waals surface area contributed by atoms with Gasteiger partial charge in [0.05, 0.1) is 0 Å². The van der Waals surface area contributed by atoms with Crippen LogP contribution in [0.5, 0.6) is 0 Å². The van der Waals surface area contributed by atoms with Crippen LogP contribution in [0.1, 0.15) is 71.9 Å².